The molecular weight excluding hydrogens is 578 g/mol. The summed E-state index contributed by atoms with van der Waals surface area (Å²) in [5, 5.41) is 7.76. The zero-order valence-corrected chi connectivity index (χ0v) is 26.2. The van der Waals surface area contributed by atoms with Crippen molar-refractivity contribution >= 4 is 51.7 Å². The summed E-state index contributed by atoms with van der Waals surface area (Å²) in [5.74, 6) is -1.49. The molecule has 1 fully saturated rings. The maximum absolute atomic E-state index is 14.3. The van der Waals surface area contributed by atoms with Gasteiger partial charge in [0.15, 0.2) is 0 Å². The van der Waals surface area contributed by atoms with E-state index in [-0.39, 0.29) is 24.3 Å². The molecule has 2 aliphatic rings. The number of halogens is 1. The van der Waals surface area contributed by atoms with Gasteiger partial charge in [0.2, 0.25) is 11.8 Å². The van der Waals surface area contributed by atoms with Gasteiger partial charge in [-0.2, -0.15) is 0 Å². The highest BCUT2D eigenvalue weighted by Crippen LogP contribution is 2.47. The minimum absolute atomic E-state index is 0.0434. The van der Waals surface area contributed by atoms with Gasteiger partial charge in [-0.1, -0.05) is 68.8 Å². The Balaban J connectivity index is 1.38. The molecule has 228 valence electrons. The first-order chi connectivity index (χ1) is 20.8. The second kappa shape index (κ2) is 11.6. The molecule has 5 rings (SSSR count). The van der Waals surface area contributed by atoms with Gasteiger partial charge >= 0.3 is 6.17 Å². The first-order valence-corrected chi connectivity index (χ1v) is 15.0. The monoisotopic (exact) mass is 613 g/mol. The van der Waals surface area contributed by atoms with Gasteiger partial charge in [-0.05, 0) is 59.4 Å². The standard InChI is InChI=1S/C34H36ClN5O4/c1-20(37-29(41)24-11-9-10-21-16-22(35)14-15-23(21)24)30(42)39(6)27(17-33(2,3)4)31(43)40-19-34(18-28(40)36-5)25-12-7-8-13-26(25)38-32(34)44/h7-16,20,27-28H,17-19H2,1-4,6H3,(H,37,41)(H,38,44)/t20-,27-,28-,34-/m0/s1. The van der Waals surface area contributed by atoms with Gasteiger partial charge in [0.1, 0.15) is 17.5 Å². The molecule has 2 heterocycles. The Kier molecular flexibility index (Phi) is 8.17. The zero-order chi connectivity index (χ0) is 32.0. The Hall–Kier alpha value is -4.42. The molecule has 0 aromatic heterocycles. The number of likely N-dealkylation sites (tertiary alicyclic amines) is 1. The summed E-state index contributed by atoms with van der Waals surface area (Å²) in [7, 11) is 1.55. The fourth-order valence-corrected chi connectivity index (χ4v) is 6.55. The molecule has 2 aliphatic heterocycles. The largest absolute Gasteiger partial charge is 0.341 e. The molecule has 44 heavy (non-hydrogen) atoms. The van der Waals surface area contributed by atoms with Crippen LogP contribution >= 0.6 is 11.6 Å². The van der Waals surface area contributed by atoms with E-state index >= 15 is 0 Å². The number of fused-ring (bicyclic) bond motifs is 3. The first kappa shape index (κ1) is 31.0. The number of nitrogens with one attached hydrogen (secondary N) is 2. The minimum Gasteiger partial charge on any atom is -0.341 e. The average Bonchev–Trinajstić information content (AvgIpc) is 3.51. The lowest BCUT2D eigenvalue weighted by Gasteiger charge is -2.36. The third kappa shape index (κ3) is 5.62. The average molecular weight is 614 g/mol. The van der Waals surface area contributed by atoms with Gasteiger partial charge in [-0.15, -0.1) is 0 Å². The highest BCUT2D eigenvalue weighted by atomic mass is 35.5. The van der Waals surface area contributed by atoms with Gasteiger partial charge in [-0.25, -0.2) is 6.57 Å². The number of para-hydroxylation sites is 1. The van der Waals surface area contributed by atoms with Gasteiger partial charge in [0, 0.05) is 29.9 Å². The number of amides is 4. The normalized spacial score (nSPS) is 20.5. The van der Waals surface area contributed by atoms with Crippen molar-refractivity contribution in [3.63, 3.8) is 0 Å². The molecule has 3 aromatic rings. The number of likely N-dealkylation sites (N-methyl/N-ethyl adjacent to an activating group) is 1. The van der Waals surface area contributed by atoms with Crippen molar-refractivity contribution in [1.29, 1.82) is 0 Å². The van der Waals surface area contributed by atoms with Crippen LogP contribution in [0.1, 0.15) is 56.5 Å². The predicted octanol–water partition coefficient (Wildman–Crippen LogP) is 5.24. The van der Waals surface area contributed by atoms with E-state index in [9.17, 15) is 19.2 Å². The minimum atomic E-state index is -1.03. The molecule has 2 N–H and O–H groups in total. The Morgan fingerprint density at radius 3 is 2.59 bits per heavy atom. The van der Waals surface area contributed by atoms with Gasteiger partial charge in [0.05, 0.1) is 6.42 Å². The molecular formula is C34H36ClN5O4. The lowest BCUT2D eigenvalue weighted by Crippen LogP contribution is -2.56. The van der Waals surface area contributed by atoms with E-state index in [2.05, 4.69) is 15.5 Å². The molecule has 1 saturated heterocycles. The molecule has 0 bridgehead atoms. The molecule has 0 saturated carbocycles. The molecule has 9 nitrogen and oxygen atoms in total. The number of anilines is 1. The number of carbonyl (C=O) groups excluding carboxylic acids is 4. The van der Waals surface area contributed by atoms with Crippen molar-refractivity contribution in [2.45, 2.75) is 64.2 Å². The van der Waals surface area contributed by atoms with Crippen LogP contribution in [0.4, 0.5) is 5.69 Å². The number of rotatable bonds is 6. The van der Waals surface area contributed by atoms with E-state index in [0.29, 0.717) is 28.1 Å². The Morgan fingerprint density at radius 2 is 1.89 bits per heavy atom. The van der Waals surface area contributed by atoms with Crippen LogP contribution < -0.4 is 10.6 Å². The molecule has 10 heteroatoms. The van der Waals surface area contributed by atoms with Crippen molar-refractivity contribution in [1.82, 2.24) is 15.1 Å². The van der Waals surface area contributed by atoms with Crippen LogP contribution in [0, 0.1) is 12.0 Å². The quantitative estimate of drug-likeness (QED) is 0.371. The molecule has 4 amide bonds. The summed E-state index contributed by atoms with van der Waals surface area (Å²) in [6, 6.07) is 16.0. The van der Waals surface area contributed by atoms with Crippen LogP contribution in [0.2, 0.25) is 5.02 Å². The van der Waals surface area contributed by atoms with E-state index in [1.165, 1.54) is 9.80 Å². The highest BCUT2D eigenvalue weighted by molar-refractivity contribution is 6.31. The molecule has 0 aliphatic carbocycles. The van der Waals surface area contributed by atoms with E-state index in [0.717, 1.165) is 10.9 Å². The van der Waals surface area contributed by atoms with Gasteiger partial charge in [-0.3, -0.25) is 28.9 Å². The lowest BCUT2D eigenvalue weighted by molar-refractivity contribution is -0.146. The summed E-state index contributed by atoms with van der Waals surface area (Å²) in [4.78, 5) is 61.2. The summed E-state index contributed by atoms with van der Waals surface area (Å²) in [6.45, 7) is 15.4. The topological polar surface area (TPSA) is 103 Å². The SMILES string of the molecule is [C-]#[N+][C@@H]1C[C@@]2(CN1C(=O)[C@H](CC(C)(C)C)N(C)C(=O)[C@H](C)NC(=O)c1cccc3cc(Cl)ccc13)C(=O)Nc1ccccc12. The van der Waals surface area contributed by atoms with Gasteiger partial charge < -0.3 is 15.5 Å². The number of nitrogens with zero attached hydrogens (tertiary/aromatic N) is 3. The third-order valence-electron chi connectivity index (χ3n) is 8.60. The molecule has 0 unspecified atom stereocenters. The molecule has 1 spiro atoms. The van der Waals surface area contributed by atoms with E-state index in [4.69, 9.17) is 18.2 Å². The van der Waals surface area contributed by atoms with Crippen LogP contribution in [0.3, 0.4) is 0 Å². The van der Waals surface area contributed by atoms with Crippen molar-refractivity contribution in [3.8, 4) is 0 Å². The second-order valence-electron chi connectivity index (χ2n) is 13.0. The van der Waals surface area contributed by atoms with Crippen LogP contribution in [0.15, 0.2) is 60.7 Å². The smallest absolute Gasteiger partial charge is 0.302 e. The van der Waals surface area contributed by atoms with Crippen LogP contribution in [0.5, 0.6) is 0 Å². The van der Waals surface area contributed by atoms with Crippen molar-refractivity contribution in [3.05, 3.63) is 88.2 Å². The summed E-state index contributed by atoms with van der Waals surface area (Å²) >= 11 is 6.12. The number of carbonyl (C=O) groups is 4. The number of benzene rings is 3. The molecule has 3 aromatic carbocycles. The molecule has 0 radical (unpaired) electrons. The summed E-state index contributed by atoms with van der Waals surface area (Å²) in [6.07, 6.45) is -0.369. The molecule has 4 atom stereocenters. The van der Waals surface area contributed by atoms with Crippen molar-refractivity contribution in [2.75, 3.05) is 18.9 Å². The van der Waals surface area contributed by atoms with Crippen molar-refractivity contribution in [2.24, 2.45) is 5.41 Å². The summed E-state index contributed by atoms with van der Waals surface area (Å²) < 4.78 is 0. The zero-order valence-electron chi connectivity index (χ0n) is 25.5. The maximum Gasteiger partial charge on any atom is 0.302 e. The Morgan fingerprint density at radius 1 is 1.16 bits per heavy atom. The maximum atomic E-state index is 14.3. The van der Waals surface area contributed by atoms with Crippen LogP contribution in [-0.4, -0.2) is 65.3 Å². The van der Waals surface area contributed by atoms with E-state index in [1.54, 1.807) is 44.3 Å². The number of hydrogen-bond acceptors (Lipinski definition) is 4. The third-order valence-corrected chi connectivity index (χ3v) is 8.83. The highest BCUT2D eigenvalue weighted by Gasteiger charge is 2.59. The van der Waals surface area contributed by atoms with Crippen LogP contribution in [-0.2, 0) is 19.8 Å². The van der Waals surface area contributed by atoms with Crippen LogP contribution in [0.25, 0.3) is 15.6 Å². The lowest BCUT2D eigenvalue weighted by atomic mass is 9.80. The Labute approximate surface area is 262 Å². The summed E-state index contributed by atoms with van der Waals surface area (Å²) in [5.41, 5.74) is 0.487. The fourth-order valence-electron chi connectivity index (χ4n) is 6.37. The Bertz CT molecular complexity index is 1710. The van der Waals surface area contributed by atoms with E-state index < -0.39 is 41.4 Å². The predicted molar refractivity (Wildman–Crippen MR) is 170 cm³/mol. The number of hydrogen-bond donors (Lipinski definition) is 2. The first-order valence-electron chi connectivity index (χ1n) is 14.6. The van der Waals surface area contributed by atoms with Crippen molar-refractivity contribution < 1.29 is 19.2 Å². The fraction of sp³-hybridized carbons (Fsp3) is 0.382. The van der Waals surface area contributed by atoms with E-state index in [1.807, 2.05) is 51.1 Å². The second-order valence-corrected chi connectivity index (χ2v) is 13.4. The van der Waals surface area contributed by atoms with Gasteiger partial charge in [0.25, 0.3) is 11.8 Å².